The molecule has 1 atom stereocenters. The number of thiophene rings is 1. The van der Waals surface area contributed by atoms with Gasteiger partial charge in [-0.2, -0.15) is 0 Å². The minimum Gasteiger partial charge on any atom is -0.386 e. The maximum Gasteiger partial charge on any atom is 0.262 e. The topological polar surface area (TPSA) is 55.1 Å². The summed E-state index contributed by atoms with van der Waals surface area (Å²) in [5.41, 5.74) is 0.351. The maximum absolute atomic E-state index is 12.3. The van der Waals surface area contributed by atoms with Crippen molar-refractivity contribution in [3.8, 4) is 0 Å². The number of aliphatic hydroxyl groups is 1. The Balaban J connectivity index is 1.94. The summed E-state index contributed by atoms with van der Waals surface area (Å²) in [5.74, 6) is 0. The van der Waals surface area contributed by atoms with Crippen LogP contribution in [0.3, 0.4) is 0 Å². The first kappa shape index (κ1) is 14.5. The predicted octanol–water partition coefficient (Wildman–Crippen LogP) is 3.50. The fourth-order valence-corrected chi connectivity index (χ4v) is 3.34. The fourth-order valence-electron chi connectivity index (χ4n) is 2.08. The van der Waals surface area contributed by atoms with Gasteiger partial charge < -0.3 is 5.11 Å². The van der Waals surface area contributed by atoms with Crippen molar-refractivity contribution in [3.63, 3.8) is 0 Å². The van der Waals surface area contributed by atoms with Crippen molar-refractivity contribution >= 4 is 44.8 Å². The van der Waals surface area contributed by atoms with Crippen molar-refractivity contribution in [2.45, 2.75) is 12.6 Å². The Bertz CT molecular complexity index is 860. The van der Waals surface area contributed by atoms with E-state index in [1.165, 1.54) is 22.2 Å². The van der Waals surface area contributed by atoms with Crippen LogP contribution in [-0.2, 0) is 6.54 Å². The molecule has 0 amide bonds. The maximum atomic E-state index is 12.3. The van der Waals surface area contributed by atoms with Gasteiger partial charge >= 0.3 is 0 Å². The van der Waals surface area contributed by atoms with Crippen molar-refractivity contribution < 1.29 is 5.11 Å². The monoisotopic (exact) mass is 340 g/mol. The normalized spacial score (nSPS) is 12.7. The van der Waals surface area contributed by atoms with Crippen molar-refractivity contribution in [1.82, 2.24) is 9.55 Å². The minimum absolute atomic E-state index is 0.0823. The molecule has 0 spiro atoms. The second kappa shape index (κ2) is 5.77. The molecule has 0 bridgehead atoms. The van der Waals surface area contributed by atoms with Crippen LogP contribution in [-0.4, -0.2) is 14.7 Å². The van der Waals surface area contributed by atoms with Gasteiger partial charge in [-0.1, -0.05) is 29.3 Å². The number of nitrogens with zero attached hydrogens (tertiary/aromatic N) is 2. The number of halogens is 2. The van der Waals surface area contributed by atoms with E-state index < -0.39 is 6.10 Å². The first-order valence-electron chi connectivity index (χ1n) is 6.12. The zero-order chi connectivity index (χ0) is 15.0. The number of hydrogen-bond acceptors (Lipinski definition) is 4. The number of fused-ring (bicyclic) bond motifs is 1. The minimum atomic E-state index is -0.912. The van der Waals surface area contributed by atoms with Crippen LogP contribution < -0.4 is 5.56 Å². The van der Waals surface area contributed by atoms with E-state index in [0.717, 1.165) is 0 Å². The third kappa shape index (κ3) is 2.82. The van der Waals surface area contributed by atoms with E-state index in [9.17, 15) is 9.90 Å². The van der Waals surface area contributed by atoms with Crippen molar-refractivity contribution in [2.24, 2.45) is 0 Å². The number of hydrogen-bond donors (Lipinski definition) is 1. The third-order valence-corrected chi connectivity index (χ3v) is 4.52. The second-order valence-electron chi connectivity index (χ2n) is 4.52. The largest absolute Gasteiger partial charge is 0.386 e. The molecular formula is C14H10Cl2N2O2S. The smallest absolute Gasteiger partial charge is 0.262 e. The van der Waals surface area contributed by atoms with Gasteiger partial charge in [-0.25, -0.2) is 4.98 Å². The molecule has 4 nitrogen and oxygen atoms in total. The molecule has 0 fully saturated rings. The van der Waals surface area contributed by atoms with Gasteiger partial charge in [0.2, 0.25) is 0 Å². The molecule has 21 heavy (non-hydrogen) atoms. The van der Waals surface area contributed by atoms with E-state index in [4.69, 9.17) is 23.2 Å². The van der Waals surface area contributed by atoms with Gasteiger partial charge in [-0.05, 0) is 23.6 Å². The van der Waals surface area contributed by atoms with Crippen LogP contribution in [0.5, 0.6) is 0 Å². The number of aromatic nitrogens is 2. The molecule has 0 aliphatic heterocycles. The Kier molecular flexibility index (Phi) is 3.99. The first-order chi connectivity index (χ1) is 10.1. The van der Waals surface area contributed by atoms with Gasteiger partial charge in [0, 0.05) is 15.6 Å². The quantitative estimate of drug-likeness (QED) is 0.793. The van der Waals surface area contributed by atoms with Crippen LogP contribution >= 0.6 is 34.5 Å². The van der Waals surface area contributed by atoms with Crippen LogP contribution in [0.1, 0.15) is 11.7 Å². The van der Waals surface area contributed by atoms with E-state index in [2.05, 4.69) is 4.98 Å². The van der Waals surface area contributed by atoms with Gasteiger partial charge in [-0.15, -0.1) is 11.3 Å². The zero-order valence-corrected chi connectivity index (χ0v) is 13.0. The standard InChI is InChI=1S/C14H10Cl2N2O2S/c15-8-1-2-9(11(16)5-8)12(19)6-18-7-17-13-10(14(18)20)3-4-21-13/h1-5,7,12,19H,6H2. The van der Waals surface area contributed by atoms with Crippen molar-refractivity contribution in [1.29, 1.82) is 0 Å². The lowest BCUT2D eigenvalue weighted by Crippen LogP contribution is -2.23. The summed E-state index contributed by atoms with van der Waals surface area (Å²) >= 11 is 13.3. The van der Waals surface area contributed by atoms with Crippen molar-refractivity contribution in [2.75, 3.05) is 0 Å². The van der Waals surface area contributed by atoms with E-state index in [0.29, 0.717) is 25.8 Å². The summed E-state index contributed by atoms with van der Waals surface area (Å²) in [7, 11) is 0. The third-order valence-electron chi connectivity index (χ3n) is 3.14. The highest BCUT2D eigenvalue weighted by atomic mass is 35.5. The molecule has 1 N–H and O–H groups in total. The average molecular weight is 341 g/mol. The number of benzene rings is 1. The van der Waals surface area contributed by atoms with E-state index in [1.54, 1.807) is 24.3 Å². The lowest BCUT2D eigenvalue weighted by Gasteiger charge is -2.14. The van der Waals surface area contributed by atoms with Crippen LogP contribution in [0.4, 0.5) is 0 Å². The molecule has 2 heterocycles. The van der Waals surface area contributed by atoms with Gasteiger partial charge in [0.1, 0.15) is 4.83 Å². The van der Waals surface area contributed by atoms with Crippen LogP contribution in [0, 0.1) is 0 Å². The molecule has 0 saturated carbocycles. The molecule has 3 aromatic rings. The summed E-state index contributed by atoms with van der Waals surface area (Å²) < 4.78 is 1.38. The summed E-state index contributed by atoms with van der Waals surface area (Å²) in [5, 5.41) is 13.5. The van der Waals surface area contributed by atoms with Crippen LogP contribution in [0.2, 0.25) is 10.0 Å². The summed E-state index contributed by atoms with van der Waals surface area (Å²) in [6.45, 7) is 0.0823. The van der Waals surface area contributed by atoms with Gasteiger partial charge in [0.25, 0.3) is 5.56 Å². The molecule has 0 aliphatic rings. The summed E-state index contributed by atoms with van der Waals surface area (Å²) in [6.07, 6.45) is 0.527. The van der Waals surface area contributed by atoms with Crippen molar-refractivity contribution in [3.05, 3.63) is 61.9 Å². The second-order valence-corrected chi connectivity index (χ2v) is 6.26. The van der Waals surface area contributed by atoms with Crippen LogP contribution in [0.15, 0.2) is 40.8 Å². The first-order valence-corrected chi connectivity index (χ1v) is 7.75. The molecule has 2 aromatic heterocycles. The van der Waals surface area contributed by atoms with E-state index in [1.807, 2.05) is 5.38 Å². The lowest BCUT2D eigenvalue weighted by atomic mass is 10.1. The van der Waals surface area contributed by atoms with E-state index >= 15 is 0 Å². The molecule has 0 aliphatic carbocycles. The average Bonchev–Trinajstić information content (AvgIpc) is 2.91. The molecule has 7 heteroatoms. The van der Waals surface area contributed by atoms with Crippen LogP contribution in [0.25, 0.3) is 10.2 Å². The molecule has 0 radical (unpaired) electrons. The Morgan fingerprint density at radius 3 is 2.90 bits per heavy atom. The SMILES string of the molecule is O=c1c2ccsc2ncn1CC(O)c1ccc(Cl)cc1Cl. The highest BCUT2D eigenvalue weighted by Gasteiger charge is 2.14. The van der Waals surface area contributed by atoms with E-state index in [-0.39, 0.29) is 12.1 Å². The molecule has 0 saturated heterocycles. The Labute approximate surface area is 134 Å². The highest BCUT2D eigenvalue weighted by molar-refractivity contribution is 7.16. The Morgan fingerprint density at radius 2 is 2.14 bits per heavy atom. The predicted molar refractivity (Wildman–Crippen MR) is 85.3 cm³/mol. The highest BCUT2D eigenvalue weighted by Crippen LogP contribution is 2.27. The summed E-state index contributed by atoms with van der Waals surface area (Å²) in [4.78, 5) is 17.2. The summed E-state index contributed by atoms with van der Waals surface area (Å²) in [6, 6.07) is 6.59. The Hall–Kier alpha value is -1.40. The van der Waals surface area contributed by atoms with Gasteiger partial charge in [0.15, 0.2) is 0 Å². The molecule has 1 unspecified atom stereocenters. The number of rotatable bonds is 3. The number of aliphatic hydroxyl groups excluding tert-OH is 1. The molecule has 3 rings (SSSR count). The molecular weight excluding hydrogens is 331 g/mol. The Morgan fingerprint density at radius 1 is 1.33 bits per heavy atom. The molecule has 108 valence electrons. The van der Waals surface area contributed by atoms with Gasteiger partial charge in [0.05, 0.1) is 24.4 Å². The van der Waals surface area contributed by atoms with Gasteiger partial charge in [-0.3, -0.25) is 9.36 Å². The lowest BCUT2D eigenvalue weighted by molar-refractivity contribution is 0.155. The fraction of sp³-hybridized carbons (Fsp3) is 0.143. The zero-order valence-electron chi connectivity index (χ0n) is 10.7. The molecule has 1 aromatic carbocycles.